The molecule has 0 aromatic heterocycles. The van der Waals surface area contributed by atoms with Crippen LogP contribution >= 0.6 is 27.5 Å². The molecule has 0 unspecified atom stereocenters. The highest BCUT2D eigenvalue weighted by Gasteiger charge is 2.05. The van der Waals surface area contributed by atoms with E-state index in [4.69, 9.17) is 16.3 Å². The molecule has 0 heterocycles. The Morgan fingerprint density at radius 1 is 1.18 bits per heavy atom. The van der Waals surface area contributed by atoms with Crippen molar-refractivity contribution in [1.29, 1.82) is 0 Å². The maximum Gasteiger partial charge on any atom is 0.141 e. The topological polar surface area (TPSA) is 9.23 Å². The van der Waals surface area contributed by atoms with E-state index < -0.39 is 0 Å². The summed E-state index contributed by atoms with van der Waals surface area (Å²) in [4.78, 5) is 0. The minimum absolute atomic E-state index is 0.254. The van der Waals surface area contributed by atoms with Crippen LogP contribution in [0.3, 0.4) is 0 Å². The van der Waals surface area contributed by atoms with E-state index in [-0.39, 0.29) is 11.7 Å². The van der Waals surface area contributed by atoms with Gasteiger partial charge in [-0.3, -0.25) is 0 Å². The molecule has 0 aliphatic carbocycles. The number of hydrogen-bond donors (Lipinski definition) is 0. The lowest BCUT2D eigenvalue weighted by Crippen LogP contribution is -1.89. The third-order valence-corrected chi connectivity index (χ3v) is 3.11. The van der Waals surface area contributed by atoms with Gasteiger partial charge < -0.3 is 4.74 Å². The zero-order valence-electron chi connectivity index (χ0n) is 8.79. The third kappa shape index (κ3) is 3.20. The summed E-state index contributed by atoms with van der Waals surface area (Å²) in [7, 11) is 0. The molecule has 88 valence electrons. The first-order chi connectivity index (χ1) is 8.19. The van der Waals surface area contributed by atoms with Crippen molar-refractivity contribution < 1.29 is 9.13 Å². The molecule has 2 aromatic rings. The van der Waals surface area contributed by atoms with Crippen molar-refractivity contribution in [3.8, 4) is 11.5 Å². The van der Waals surface area contributed by atoms with E-state index in [0.29, 0.717) is 17.1 Å². The van der Waals surface area contributed by atoms with Crippen molar-refractivity contribution in [3.63, 3.8) is 0 Å². The van der Waals surface area contributed by atoms with Crippen LogP contribution in [-0.2, 0) is 5.88 Å². The van der Waals surface area contributed by atoms with Gasteiger partial charge in [0.05, 0.1) is 4.47 Å². The van der Waals surface area contributed by atoms with Crippen molar-refractivity contribution in [2.45, 2.75) is 5.88 Å². The predicted molar refractivity (Wildman–Crippen MR) is 70.2 cm³/mol. The number of alkyl halides is 1. The minimum atomic E-state index is -0.356. The lowest BCUT2D eigenvalue weighted by atomic mass is 10.2. The van der Waals surface area contributed by atoms with Crippen molar-refractivity contribution in [2.24, 2.45) is 0 Å². The van der Waals surface area contributed by atoms with Crippen LogP contribution in [0.4, 0.5) is 4.39 Å². The Kier molecular flexibility index (Phi) is 4.02. The fourth-order valence-electron chi connectivity index (χ4n) is 1.41. The van der Waals surface area contributed by atoms with Crippen molar-refractivity contribution in [2.75, 3.05) is 0 Å². The van der Waals surface area contributed by atoms with Gasteiger partial charge in [-0.25, -0.2) is 4.39 Å². The quantitative estimate of drug-likeness (QED) is 0.714. The molecule has 2 rings (SSSR count). The maximum absolute atomic E-state index is 13.3. The summed E-state index contributed by atoms with van der Waals surface area (Å²) in [6, 6.07) is 11.8. The second-order valence-electron chi connectivity index (χ2n) is 3.46. The van der Waals surface area contributed by atoms with Crippen molar-refractivity contribution >= 4 is 27.5 Å². The van der Waals surface area contributed by atoms with Gasteiger partial charge in [-0.2, -0.15) is 0 Å². The monoisotopic (exact) mass is 314 g/mol. The molecule has 0 aliphatic heterocycles. The summed E-state index contributed by atoms with van der Waals surface area (Å²) < 4.78 is 19.7. The van der Waals surface area contributed by atoms with Gasteiger partial charge in [0.15, 0.2) is 0 Å². The van der Waals surface area contributed by atoms with Gasteiger partial charge in [0.25, 0.3) is 0 Å². The average molecular weight is 316 g/mol. The van der Waals surface area contributed by atoms with Gasteiger partial charge in [-0.15, -0.1) is 11.6 Å². The van der Waals surface area contributed by atoms with E-state index >= 15 is 0 Å². The number of benzene rings is 2. The number of rotatable bonds is 3. The van der Waals surface area contributed by atoms with Gasteiger partial charge >= 0.3 is 0 Å². The van der Waals surface area contributed by atoms with E-state index in [9.17, 15) is 4.39 Å². The Morgan fingerprint density at radius 2 is 1.94 bits per heavy atom. The van der Waals surface area contributed by atoms with Gasteiger partial charge in [0, 0.05) is 11.9 Å². The molecule has 0 radical (unpaired) electrons. The van der Waals surface area contributed by atoms with E-state index in [1.165, 1.54) is 12.1 Å². The second kappa shape index (κ2) is 5.52. The Hall–Kier alpha value is -1.06. The smallest absolute Gasteiger partial charge is 0.141 e. The Balaban J connectivity index is 2.30. The number of halogens is 3. The van der Waals surface area contributed by atoms with Crippen LogP contribution in [0.5, 0.6) is 11.5 Å². The number of ether oxygens (including phenoxy) is 1. The lowest BCUT2D eigenvalue weighted by Gasteiger charge is -2.08. The lowest BCUT2D eigenvalue weighted by molar-refractivity contribution is 0.473. The molecule has 0 bridgehead atoms. The first-order valence-electron chi connectivity index (χ1n) is 4.97. The molecule has 17 heavy (non-hydrogen) atoms. The highest BCUT2D eigenvalue weighted by atomic mass is 79.9. The first-order valence-corrected chi connectivity index (χ1v) is 6.29. The molecule has 0 amide bonds. The standard InChI is InChI=1S/C13H9BrClFO/c14-12-3-1-2-4-13(12)17-11-6-9(8-15)5-10(16)7-11/h1-7H,8H2. The largest absolute Gasteiger partial charge is 0.456 e. The molecule has 2 aromatic carbocycles. The Morgan fingerprint density at radius 3 is 2.65 bits per heavy atom. The summed E-state index contributed by atoms with van der Waals surface area (Å²) in [5.74, 6) is 0.973. The van der Waals surface area contributed by atoms with E-state index in [2.05, 4.69) is 15.9 Å². The fourth-order valence-corrected chi connectivity index (χ4v) is 1.93. The molecule has 4 heteroatoms. The highest BCUT2D eigenvalue weighted by Crippen LogP contribution is 2.30. The molecular weight excluding hydrogens is 306 g/mol. The van der Waals surface area contributed by atoms with Crippen LogP contribution in [0.25, 0.3) is 0 Å². The number of para-hydroxylation sites is 1. The summed E-state index contributed by atoms with van der Waals surface area (Å²) in [6.45, 7) is 0. The van der Waals surface area contributed by atoms with Crippen LogP contribution in [0.1, 0.15) is 5.56 Å². The second-order valence-corrected chi connectivity index (χ2v) is 4.58. The molecule has 0 spiro atoms. The summed E-state index contributed by atoms with van der Waals surface area (Å²) in [5.41, 5.74) is 0.689. The van der Waals surface area contributed by atoms with E-state index in [1.54, 1.807) is 12.1 Å². The normalized spacial score (nSPS) is 10.3. The van der Waals surface area contributed by atoms with Crippen LogP contribution in [-0.4, -0.2) is 0 Å². The van der Waals surface area contributed by atoms with Gasteiger partial charge in [-0.05, 0) is 45.8 Å². The van der Waals surface area contributed by atoms with Crippen LogP contribution in [0.2, 0.25) is 0 Å². The van der Waals surface area contributed by atoms with Crippen LogP contribution in [0, 0.1) is 5.82 Å². The molecule has 0 saturated heterocycles. The van der Waals surface area contributed by atoms with Gasteiger partial charge in [0.2, 0.25) is 0 Å². The predicted octanol–water partition coefficient (Wildman–Crippen LogP) is 5.12. The summed E-state index contributed by atoms with van der Waals surface area (Å²) in [6.07, 6.45) is 0. The highest BCUT2D eigenvalue weighted by molar-refractivity contribution is 9.10. The Bertz CT molecular complexity index is 531. The van der Waals surface area contributed by atoms with Gasteiger partial charge in [0.1, 0.15) is 17.3 Å². The summed E-state index contributed by atoms with van der Waals surface area (Å²) in [5, 5.41) is 0. The van der Waals surface area contributed by atoms with Crippen molar-refractivity contribution in [3.05, 3.63) is 58.3 Å². The molecular formula is C13H9BrClFO. The minimum Gasteiger partial charge on any atom is -0.456 e. The molecule has 0 saturated carbocycles. The van der Waals surface area contributed by atoms with Crippen LogP contribution in [0.15, 0.2) is 46.9 Å². The third-order valence-electron chi connectivity index (χ3n) is 2.15. The molecule has 0 atom stereocenters. The average Bonchev–Trinajstić information content (AvgIpc) is 2.31. The molecule has 0 aliphatic rings. The molecule has 0 fully saturated rings. The van der Waals surface area contributed by atoms with E-state index in [1.807, 2.05) is 18.2 Å². The molecule has 0 N–H and O–H groups in total. The zero-order valence-corrected chi connectivity index (χ0v) is 11.1. The zero-order chi connectivity index (χ0) is 12.3. The maximum atomic E-state index is 13.3. The fraction of sp³-hybridized carbons (Fsp3) is 0.0769. The number of hydrogen-bond acceptors (Lipinski definition) is 1. The molecule has 1 nitrogen and oxygen atoms in total. The first kappa shape index (κ1) is 12.4. The van der Waals surface area contributed by atoms with Gasteiger partial charge in [-0.1, -0.05) is 12.1 Å². The van der Waals surface area contributed by atoms with Crippen molar-refractivity contribution in [1.82, 2.24) is 0 Å². The summed E-state index contributed by atoms with van der Waals surface area (Å²) >= 11 is 9.04. The SMILES string of the molecule is Fc1cc(CCl)cc(Oc2ccccc2Br)c1. The van der Waals surface area contributed by atoms with Crippen LogP contribution < -0.4 is 4.74 Å². The van der Waals surface area contributed by atoms with E-state index in [0.717, 1.165) is 4.47 Å². The Labute approximate surface area is 112 Å².